The normalized spacial score (nSPS) is 10.2. The van der Waals surface area contributed by atoms with Crippen molar-refractivity contribution in [2.45, 2.75) is 13.8 Å². The van der Waals surface area contributed by atoms with Crippen molar-refractivity contribution in [1.82, 2.24) is 9.97 Å². The van der Waals surface area contributed by atoms with Crippen LogP contribution >= 0.6 is 11.6 Å². The summed E-state index contributed by atoms with van der Waals surface area (Å²) in [4.78, 5) is 19.1. The molecule has 0 aliphatic carbocycles. The molecule has 0 saturated carbocycles. The number of benzene rings is 1. The molecule has 2 rings (SSSR count). The molecule has 18 heavy (non-hydrogen) atoms. The Kier molecular flexibility index (Phi) is 3.58. The molecule has 0 spiro atoms. The number of hydrogen-bond donors (Lipinski definition) is 1. The van der Waals surface area contributed by atoms with Crippen molar-refractivity contribution in [2.24, 2.45) is 0 Å². The molecule has 1 heterocycles. The van der Waals surface area contributed by atoms with Crippen molar-refractivity contribution in [3.63, 3.8) is 0 Å². The fourth-order valence-electron chi connectivity index (χ4n) is 1.47. The monoisotopic (exact) mass is 261 g/mol. The Bertz CT molecular complexity index is 599. The van der Waals surface area contributed by atoms with Crippen LogP contribution in [0.3, 0.4) is 0 Å². The van der Waals surface area contributed by atoms with E-state index in [1.165, 1.54) is 6.20 Å². The van der Waals surface area contributed by atoms with E-state index in [1.807, 2.05) is 19.1 Å². The summed E-state index contributed by atoms with van der Waals surface area (Å²) in [5, 5.41) is 3.73. The maximum Gasteiger partial charge on any atom is 0.155 e. The first-order valence-corrected chi connectivity index (χ1v) is 5.80. The zero-order valence-electron chi connectivity index (χ0n) is 10.1. The zero-order chi connectivity index (χ0) is 13.1. The summed E-state index contributed by atoms with van der Waals surface area (Å²) in [6.07, 6.45) is 2.21. The highest BCUT2D eigenvalue weighted by atomic mass is 35.5. The molecule has 0 aliphatic heterocycles. The number of aromatic nitrogens is 2. The Morgan fingerprint density at radius 3 is 2.78 bits per heavy atom. The standard InChI is InChI=1S/C13H12ClN3O/c1-8-3-4-11(5-12(8)14)17-13-10(7-18)6-15-9(2)16-13/h3-7H,1-2H3,(H,15,16,17). The highest BCUT2D eigenvalue weighted by molar-refractivity contribution is 6.31. The number of rotatable bonds is 3. The third-order valence-electron chi connectivity index (χ3n) is 2.50. The summed E-state index contributed by atoms with van der Waals surface area (Å²) < 4.78 is 0. The summed E-state index contributed by atoms with van der Waals surface area (Å²) in [5.41, 5.74) is 2.20. The molecule has 0 amide bonds. The largest absolute Gasteiger partial charge is 0.339 e. The molecule has 0 aliphatic rings. The van der Waals surface area contributed by atoms with Gasteiger partial charge in [0.2, 0.25) is 0 Å². The van der Waals surface area contributed by atoms with Gasteiger partial charge >= 0.3 is 0 Å². The van der Waals surface area contributed by atoms with Gasteiger partial charge in [0.05, 0.1) is 5.56 Å². The Hall–Kier alpha value is -1.94. The van der Waals surface area contributed by atoms with E-state index in [0.29, 0.717) is 22.2 Å². The van der Waals surface area contributed by atoms with Crippen molar-refractivity contribution in [2.75, 3.05) is 5.32 Å². The van der Waals surface area contributed by atoms with Gasteiger partial charge in [-0.05, 0) is 31.5 Å². The number of carbonyl (C=O) groups excluding carboxylic acids is 1. The number of aryl methyl sites for hydroxylation is 2. The molecule has 0 bridgehead atoms. The lowest BCUT2D eigenvalue weighted by Crippen LogP contribution is -2.01. The smallest absolute Gasteiger partial charge is 0.155 e. The van der Waals surface area contributed by atoms with Crippen LogP contribution in [0.2, 0.25) is 5.02 Å². The second-order valence-electron chi connectivity index (χ2n) is 3.93. The minimum absolute atomic E-state index is 0.414. The Balaban J connectivity index is 2.35. The van der Waals surface area contributed by atoms with Gasteiger partial charge in [-0.25, -0.2) is 9.97 Å². The lowest BCUT2D eigenvalue weighted by atomic mass is 10.2. The van der Waals surface area contributed by atoms with Gasteiger partial charge in [0.25, 0.3) is 0 Å². The number of nitrogens with one attached hydrogen (secondary N) is 1. The second-order valence-corrected chi connectivity index (χ2v) is 4.34. The number of anilines is 2. The molecular formula is C13H12ClN3O. The van der Waals surface area contributed by atoms with Crippen LogP contribution < -0.4 is 5.32 Å². The van der Waals surface area contributed by atoms with E-state index in [-0.39, 0.29) is 0 Å². The Labute approximate surface area is 110 Å². The number of aldehydes is 1. The van der Waals surface area contributed by atoms with Crippen molar-refractivity contribution in [3.8, 4) is 0 Å². The number of carbonyl (C=O) groups is 1. The average molecular weight is 262 g/mol. The van der Waals surface area contributed by atoms with Gasteiger partial charge in [0, 0.05) is 16.9 Å². The maximum absolute atomic E-state index is 10.9. The fraction of sp³-hybridized carbons (Fsp3) is 0.154. The average Bonchev–Trinajstić information content (AvgIpc) is 2.34. The molecule has 1 N–H and O–H groups in total. The maximum atomic E-state index is 10.9. The molecule has 4 nitrogen and oxygen atoms in total. The molecular weight excluding hydrogens is 250 g/mol. The van der Waals surface area contributed by atoms with Crippen LogP contribution in [-0.2, 0) is 0 Å². The second kappa shape index (κ2) is 5.14. The molecule has 0 radical (unpaired) electrons. The highest BCUT2D eigenvalue weighted by Crippen LogP contribution is 2.23. The van der Waals surface area contributed by atoms with Crippen LogP contribution in [-0.4, -0.2) is 16.3 Å². The first-order chi connectivity index (χ1) is 8.60. The van der Waals surface area contributed by atoms with Crippen molar-refractivity contribution < 1.29 is 4.79 Å². The van der Waals surface area contributed by atoms with Crippen LogP contribution in [0.4, 0.5) is 11.5 Å². The summed E-state index contributed by atoms with van der Waals surface area (Å²) in [5.74, 6) is 1.08. The summed E-state index contributed by atoms with van der Waals surface area (Å²) in [6, 6.07) is 5.58. The molecule has 0 atom stereocenters. The van der Waals surface area contributed by atoms with E-state index >= 15 is 0 Å². The van der Waals surface area contributed by atoms with Gasteiger partial charge in [0.15, 0.2) is 6.29 Å². The molecule has 1 aromatic heterocycles. The summed E-state index contributed by atoms with van der Waals surface area (Å²) >= 11 is 6.04. The van der Waals surface area contributed by atoms with Crippen LogP contribution in [0.1, 0.15) is 21.7 Å². The highest BCUT2D eigenvalue weighted by Gasteiger charge is 2.06. The van der Waals surface area contributed by atoms with E-state index in [2.05, 4.69) is 15.3 Å². The van der Waals surface area contributed by atoms with Gasteiger partial charge in [-0.15, -0.1) is 0 Å². The lowest BCUT2D eigenvalue weighted by Gasteiger charge is -2.09. The van der Waals surface area contributed by atoms with E-state index in [0.717, 1.165) is 17.5 Å². The SMILES string of the molecule is Cc1ncc(C=O)c(Nc2ccc(C)c(Cl)c2)n1. The van der Waals surface area contributed by atoms with Gasteiger partial charge in [-0.3, -0.25) is 4.79 Å². The number of hydrogen-bond acceptors (Lipinski definition) is 4. The van der Waals surface area contributed by atoms with E-state index in [9.17, 15) is 4.79 Å². The predicted molar refractivity (Wildman–Crippen MR) is 71.6 cm³/mol. The third-order valence-corrected chi connectivity index (χ3v) is 2.91. The lowest BCUT2D eigenvalue weighted by molar-refractivity contribution is 0.112. The van der Waals surface area contributed by atoms with E-state index < -0.39 is 0 Å². The van der Waals surface area contributed by atoms with Crippen molar-refractivity contribution in [3.05, 3.63) is 46.4 Å². The predicted octanol–water partition coefficient (Wildman–Crippen LogP) is 3.30. The fourth-order valence-corrected chi connectivity index (χ4v) is 1.65. The minimum atomic E-state index is 0.414. The van der Waals surface area contributed by atoms with Crippen LogP contribution in [0.5, 0.6) is 0 Å². The molecule has 0 unspecified atom stereocenters. The van der Waals surface area contributed by atoms with Crippen molar-refractivity contribution in [1.29, 1.82) is 0 Å². The van der Waals surface area contributed by atoms with E-state index in [1.54, 1.807) is 13.0 Å². The number of nitrogens with zero attached hydrogens (tertiary/aromatic N) is 2. The van der Waals surface area contributed by atoms with Gasteiger partial charge < -0.3 is 5.32 Å². The quantitative estimate of drug-likeness (QED) is 0.862. The van der Waals surface area contributed by atoms with Crippen molar-refractivity contribution >= 4 is 29.4 Å². The summed E-state index contributed by atoms with van der Waals surface area (Å²) in [7, 11) is 0. The molecule has 1 aromatic carbocycles. The zero-order valence-corrected chi connectivity index (χ0v) is 10.8. The van der Waals surface area contributed by atoms with Gasteiger partial charge in [-0.1, -0.05) is 17.7 Å². The molecule has 0 fully saturated rings. The van der Waals surface area contributed by atoms with Gasteiger partial charge in [-0.2, -0.15) is 0 Å². The third kappa shape index (κ3) is 2.65. The topological polar surface area (TPSA) is 54.9 Å². The first kappa shape index (κ1) is 12.5. The molecule has 2 aromatic rings. The molecule has 5 heteroatoms. The first-order valence-electron chi connectivity index (χ1n) is 5.42. The Morgan fingerprint density at radius 1 is 1.33 bits per heavy atom. The summed E-state index contributed by atoms with van der Waals surface area (Å²) in [6.45, 7) is 3.69. The van der Waals surface area contributed by atoms with E-state index in [4.69, 9.17) is 11.6 Å². The van der Waals surface area contributed by atoms with Crippen LogP contribution in [0.15, 0.2) is 24.4 Å². The molecule has 92 valence electrons. The number of halogens is 1. The van der Waals surface area contributed by atoms with Crippen LogP contribution in [0, 0.1) is 13.8 Å². The Morgan fingerprint density at radius 2 is 2.11 bits per heavy atom. The van der Waals surface area contributed by atoms with Gasteiger partial charge in [0.1, 0.15) is 11.6 Å². The molecule has 0 saturated heterocycles. The van der Waals surface area contributed by atoms with Crippen LogP contribution in [0.25, 0.3) is 0 Å². The minimum Gasteiger partial charge on any atom is -0.339 e.